The molecule has 0 aliphatic carbocycles. The van der Waals surface area contributed by atoms with Gasteiger partial charge in [0.25, 0.3) is 0 Å². The van der Waals surface area contributed by atoms with Crippen molar-refractivity contribution in [1.29, 1.82) is 0 Å². The van der Waals surface area contributed by atoms with Gasteiger partial charge in [-0.15, -0.1) is 0 Å². The zero-order valence-corrected chi connectivity index (χ0v) is 7.09. The summed E-state index contributed by atoms with van der Waals surface area (Å²) in [4.78, 5) is 0. The predicted molar refractivity (Wildman–Crippen MR) is 22.7 cm³/mol. The van der Waals surface area contributed by atoms with Crippen LogP contribution in [0.3, 0.4) is 0 Å². The number of rotatable bonds is 0. The van der Waals surface area contributed by atoms with Gasteiger partial charge in [0.05, 0.1) is 0 Å². The molecule has 0 spiro atoms. The zero-order valence-electron chi connectivity index (χ0n) is 3.00. The Bertz CT molecular complexity index is 94.9. The van der Waals surface area contributed by atoms with E-state index < -0.39 is 10.4 Å². The maximum absolute atomic E-state index is 8.74. The fourth-order valence-corrected chi connectivity index (χ4v) is 0. The molecule has 0 saturated carbocycles. The Labute approximate surface area is 62.2 Å². The fraction of sp³-hybridized carbons (Fsp3) is 0. The van der Waals surface area contributed by atoms with Crippen molar-refractivity contribution in [2.75, 3.05) is 0 Å². The molecule has 1 radical (unpaired) electrons. The van der Waals surface area contributed by atoms with Gasteiger partial charge in [0.2, 0.25) is 0 Å². The Balaban J connectivity index is -0.0000000800. The van der Waals surface area contributed by atoms with Gasteiger partial charge in [-0.3, -0.25) is 9.11 Å². The van der Waals surface area contributed by atoms with Gasteiger partial charge in [-0.2, -0.15) is 8.42 Å². The molecule has 0 amide bonds. The topological polar surface area (TPSA) is 74.6 Å². The van der Waals surface area contributed by atoms with Crippen molar-refractivity contribution in [2.24, 2.45) is 0 Å². The SMILES string of the molecule is O=S(=O)(O)O.[Mn].[SeH2]. The fourth-order valence-electron chi connectivity index (χ4n) is 0. The Kier molecular flexibility index (Phi) is 11.3. The minimum atomic E-state index is -4.67. The van der Waals surface area contributed by atoms with E-state index in [1.165, 1.54) is 0 Å². The van der Waals surface area contributed by atoms with Crippen LogP contribution in [-0.4, -0.2) is 34.6 Å². The van der Waals surface area contributed by atoms with Crippen molar-refractivity contribution in [3.8, 4) is 0 Å². The summed E-state index contributed by atoms with van der Waals surface area (Å²) < 4.78 is 31.6. The predicted octanol–water partition coefficient (Wildman–Crippen LogP) is -1.57. The molecule has 0 aromatic rings. The molecule has 0 unspecified atom stereocenters. The monoisotopic (exact) mass is 235 g/mol. The standard InChI is InChI=1S/Mn.H2O4S.H2Se/c;1-5(2,3)4;/h;(H2,1,2,3,4);1H2. The first-order valence-electron chi connectivity index (χ1n) is 0.698. The van der Waals surface area contributed by atoms with Crippen LogP contribution in [0.5, 0.6) is 0 Å². The summed E-state index contributed by atoms with van der Waals surface area (Å²) in [6, 6.07) is 0. The summed E-state index contributed by atoms with van der Waals surface area (Å²) >= 11 is 0. The van der Waals surface area contributed by atoms with Crippen molar-refractivity contribution in [3.63, 3.8) is 0 Å². The Morgan fingerprint density at radius 1 is 1.14 bits per heavy atom. The van der Waals surface area contributed by atoms with Gasteiger partial charge in [0, 0.05) is 17.1 Å². The summed E-state index contributed by atoms with van der Waals surface area (Å²) in [5.74, 6) is 0. The van der Waals surface area contributed by atoms with Crippen molar-refractivity contribution < 1.29 is 34.6 Å². The molecule has 0 aliphatic heterocycles. The molecule has 0 aliphatic rings. The van der Waals surface area contributed by atoms with Gasteiger partial charge in [0.15, 0.2) is 0 Å². The van der Waals surface area contributed by atoms with E-state index in [4.69, 9.17) is 17.5 Å². The molecule has 0 rings (SSSR count). The molecule has 0 fully saturated rings. The van der Waals surface area contributed by atoms with Gasteiger partial charge in [-0.25, -0.2) is 0 Å². The van der Waals surface area contributed by atoms with Gasteiger partial charge in [-0.1, -0.05) is 0 Å². The van der Waals surface area contributed by atoms with E-state index in [0.29, 0.717) is 0 Å². The number of hydrogen-bond donors (Lipinski definition) is 2. The molecule has 0 aromatic carbocycles. The van der Waals surface area contributed by atoms with Crippen molar-refractivity contribution in [2.45, 2.75) is 0 Å². The normalized spacial score (nSPS) is 8.29. The molecular weight excluding hydrogens is 230 g/mol. The summed E-state index contributed by atoms with van der Waals surface area (Å²) in [6.07, 6.45) is 0. The number of hydrogen-bond acceptors (Lipinski definition) is 2. The van der Waals surface area contributed by atoms with Crippen LogP contribution in [0.25, 0.3) is 0 Å². The van der Waals surface area contributed by atoms with E-state index in [-0.39, 0.29) is 34.1 Å². The summed E-state index contributed by atoms with van der Waals surface area (Å²) in [5.41, 5.74) is 0. The van der Waals surface area contributed by atoms with Crippen molar-refractivity contribution >= 4 is 27.5 Å². The van der Waals surface area contributed by atoms with Crippen LogP contribution in [0.4, 0.5) is 0 Å². The first kappa shape index (κ1) is 15.7. The molecule has 47 valence electrons. The van der Waals surface area contributed by atoms with E-state index in [0.717, 1.165) is 0 Å². The van der Waals surface area contributed by atoms with Crippen LogP contribution in [0, 0.1) is 0 Å². The van der Waals surface area contributed by atoms with E-state index >= 15 is 0 Å². The quantitative estimate of drug-likeness (QED) is 0.392. The average molecular weight is 234 g/mol. The summed E-state index contributed by atoms with van der Waals surface area (Å²) in [5, 5.41) is 0. The second-order valence-corrected chi connectivity index (χ2v) is 1.34. The van der Waals surface area contributed by atoms with Crippen LogP contribution in [-0.2, 0) is 27.5 Å². The van der Waals surface area contributed by atoms with Crippen molar-refractivity contribution in [1.82, 2.24) is 0 Å². The molecule has 0 saturated heterocycles. The molecule has 0 atom stereocenters. The zero-order chi connectivity index (χ0) is 4.50. The van der Waals surface area contributed by atoms with Crippen LogP contribution in [0.15, 0.2) is 0 Å². The van der Waals surface area contributed by atoms with Crippen molar-refractivity contribution in [3.05, 3.63) is 0 Å². The van der Waals surface area contributed by atoms with Gasteiger partial charge >= 0.3 is 27.5 Å². The first-order chi connectivity index (χ1) is 2.00. The van der Waals surface area contributed by atoms with Crippen LogP contribution in [0.2, 0.25) is 0 Å². The maximum atomic E-state index is 8.74. The molecule has 7 heteroatoms. The Morgan fingerprint density at radius 2 is 1.14 bits per heavy atom. The minimum absolute atomic E-state index is 0. The Morgan fingerprint density at radius 3 is 1.14 bits per heavy atom. The summed E-state index contributed by atoms with van der Waals surface area (Å²) in [6.45, 7) is 0. The molecule has 0 bridgehead atoms. The van der Waals surface area contributed by atoms with Gasteiger partial charge in [-0.05, 0) is 0 Å². The third kappa shape index (κ3) is 202. The Hall–Kier alpha value is 0.909. The first-order valence-corrected chi connectivity index (χ1v) is 2.10. The third-order valence-electron chi connectivity index (χ3n) is 0. The van der Waals surface area contributed by atoms with Crippen LogP contribution >= 0.6 is 0 Å². The molecule has 0 aromatic heterocycles. The molecular formula is H4MnO4SSe. The molecule has 0 heterocycles. The van der Waals surface area contributed by atoms with Gasteiger partial charge < -0.3 is 0 Å². The third-order valence-corrected chi connectivity index (χ3v) is 0. The van der Waals surface area contributed by atoms with Crippen LogP contribution in [0.1, 0.15) is 0 Å². The second-order valence-electron chi connectivity index (χ2n) is 0.448. The van der Waals surface area contributed by atoms with E-state index in [9.17, 15) is 0 Å². The van der Waals surface area contributed by atoms with Crippen LogP contribution < -0.4 is 0 Å². The molecule has 2 N–H and O–H groups in total. The molecule has 7 heavy (non-hydrogen) atoms. The average Bonchev–Trinajstić information content (AvgIpc) is 0.722. The van der Waals surface area contributed by atoms with Gasteiger partial charge in [0.1, 0.15) is 0 Å². The van der Waals surface area contributed by atoms with E-state index in [2.05, 4.69) is 0 Å². The molecule has 4 nitrogen and oxygen atoms in total. The van der Waals surface area contributed by atoms with E-state index in [1.807, 2.05) is 0 Å². The van der Waals surface area contributed by atoms with E-state index in [1.54, 1.807) is 0 Å². The summed E-state index contributed by atoms with van der Waals surface area (Å²) in [7, 11) is -4.67. The second kappa shape index (κ2) is 5.05.